The molecular formula is C22H17N5O4S. The van der Waals surface area contributed by atoms with E-state index < -0.39 is 23.0 Å². The van der Waals surface area contributed by atoms with E-state index in [2.05, 4.69) is 15.2 Å². The molecule has 2 heterocycles. The van der Waals surface area contributed by atoms with Gasteiger partial charge < -0.3 is 10.8 Å². The Morgan fingerprint density at radius 3 is 2.81 bits per heavy atom. The number of thioether (sulfide) groups is 1. The summed E-state index contributed by atoms with van der Waals surface area (Å²) in [5.41, 5.74) is 7.74. The van der Waals surface area contributed by atoms with Gasteiger partial charge in [-0.1, -0.05) is 36.0 Å². The third-order valence-electron chi connectivity index (χ3n) is 4.76. The van der Waals surface area contributed by atoms with Crippen molar-refractivity contribution < 1.29 is 19.5 Å². The molecule has 1 aliphatic rings. The molecule has 1 saturated heterocycles. The molecule has 1 fully saturated rings. The van der Waals surface area contributed by atoms with Crippen molar-refractivity contribution in [2.45, 2.75) is 11.7 Å². The van der Waals surface area contributed by atoms with Crippen LogP contribution in [-0.4, -0.2) is 44.5 Å². The number of para-hydroxylation sites is 1. The van der Waals surface area contributed by atoms with Crippen LogP contribution < -0.4 is 10.6 Å². The fraction of sp³-hybridized carbons (Fsp3) is 0.0909. The molecule has 2 amide bonds. The van der Waals surface area contributed by atoms with Crippen LogP contribution in [0.1, 0.15) is 22.3 Å². The van der Waals surface area contributed by atoms with Crippen molar-refractivity contribution in [3.63, 3.8) is 0 Å². The van der Waals surface area contributed by atoms with E-state index in [9.17, 15) is 14.4 Å². The third kappa shape index (κ3) is 4.35. The zero-order valence-corrected chi connectivity index (χ0v) is 17.4. The fourth-order valence-corrected chi connectivity index (χ4v) is 4.11. The highest BCUT2D eigenvalue weighted by atomic mass is 32.2. The predicted molar refractivity (Wildman–Crippen MR) is 123 cm³/mol. The van der Waals surface area contributed by atoms with Crippen molar-refractivity contribution in [2.24, 2.45) is 15.9 Å². The first-order chi connectivity index (χ1) is 15.4. The van der Waals surface area contributed by atoms with Gasteiger partial charge in [0.15, 0.2) is 5.17 Å². The zero-order chi connectivity index (χ0) is 22.7. The number of aromatic nitrogens is 1. The molecule has 9 nitrogen and oxygen atoms in total. The van der Waals surface area contributed by atoms with Gasteiger partial charge in [-0.05, 0) is 30.3 Å². The minimum atomic E-state index is -1.15. The Kier molecular flexibility index (Phi) is 5.95. The van der Waals surface area contributed by atoms with Crippen LogP contribution in [0, 0.1) is 0 Å². The SMILES string of the molecule is NC(=NN=Cc1ccnc2ccccc12)SC1CC(=O)N(c2cccc(C(=O)O)c2)C1=O. The number of amides is 2. The Balaban J connectivity index is 1.47. The second kappa shape index (κ2) is 8.98. The predicted octanol–water partition coefficient (Wildman–Crippen LogP) is 2.65. The van der Waals surface area contributed by atoms with E-state index in [0.29, 0.717) is 0 Å². The van der Waals surface area contributed by atoms with E-state index in [4.69, 9.17) is 10.8 Å². The number of nitrogens with two attached hydrogens (primary N) is 1. The molecule has 32 heavy (non-hydrogen) atoms. The monoisotopic (exact) mass is 447 g/mol. The number of hydrogen-bond donors (Lipinski definition) is 2. The molecule has 160 valence electrons. The minimum absolute atomic E-state index is 0.0155. The van der Waals surface area contributed by atoms with Crippen LogP contribution in [0.15, 0.2) is 71.0 Å². The number of carboxylic acids is 1. The van der Waals surface area contributed by atoms with Crippen molar-refractivity contribution in [1.82, 2.24) is 4.98 Å². The summed E-state index contributed by atoms with van der Waals surface area (Å²) in [7, 11) is 0. The van der Waals surface area contributed by atoms with Gasteiger partial charge in [-0.2, -0.15) is 5.10 Å². The lowest BCUT2D eigenvalue weighted by molar-refractivity contribution is -0.121. The van der Waals surface area contributed by atoms with Crippen molar-refractivity contribution in [3.05, 3.63) is 71.9 Å². The average molecular weight is 447 g/mol. The summed E-state index contributed by atoms with van der Waals surface area (Å²) in [5.74, 6) is -2.06. The first kappa shape index (κ1) is 21.2. The van der Waals surface area contributed by atoms with Crippen LogP contribution in [0.3, 0.4) is 0 Å². The zero-order valence-electron chi connectivity index (χ0n) is 16.6. The Bertz CT molecular complexity index is 1280. The van der Waals surface area contributed by atoms with Crippen LogP contribution in [0.4, 0.5) is 5.69 Å². The van der Waals surface area contributed by atoms with Crippen molar-refractivity contribution in [1.29, 1.82) is 0 Å². The quantitative estimate of drug-likeness (QED) is 0.265. The van der Waals surface area contributed by atoms with Gasteiger partial charge in [-0.15, -0.1) is 5.10 Å². The number of carbonyl (C=O) groups excluding carboxylic acids is 2. The van der Waals surface area contributed by atoms with Gasteiger partial charge in [-0.3, -0.25) is 14.6 Å². The van der Waals surface area contributed by atoms with E-state index in [1.807, 2.05) is 24.3 Å². The molecule has 3 N–H and O–H groups in total. The van der Waals surface area contributed by atoms with E-state index in [1.54, 1.807) is 18.5 Å². The van der Waals surface area contributed by atoms with Gasteiger partial charge >= 0.3 is 5.97 Å². The summed E-state index contributed by atoms with van der Waals surface area (Å²) in [6, 6.07) is 15.1. The van der Waals surface area contributed by atoms with Gasteiger partial charge in [0.25, 0.3) is 0 Å². The summed E-state index contributed by atoms with van der Waals surface area (Å²) >= 11 is 0.940. The van der Waals surface area contributed by atoms with E-state index in [0.717, 1.165) is 33.1 Å². The minimum Gasteiger partial charge on any atom is -0.478 e. The van der Waals surface area contributed by atoms with Gasteiger partial charge in [0, 0.05) is 23.6 Å². The molecule has 1 unspecified atom stereocenters. The van der Waals surface area contributed by atoms with Crippen LogP contribution in [0.25, 0.3) is 10.9 Å². The maximum Gasteiger partial charge on any atom is 0.335 e. The highest BCUT2D eigenvalue weighted by molar-refractivity contribution is 8.14. The summed E-state index contributed by atoms with van der Waals surface area (Å²) in [5, 5.41) is 17.2. The number of imide groups is 1. The second-order valence-corrected chi connectivity index (χ2v) is 8.06. The number of anilines is 1. The summed E-state index contributed by atoms with van der Waals surface area (Å²) in [6.45, 7) is 0. The Morgan fingerprint density at radius 1 is 1.19 bits per heavy atom. The highest BCUT2D eigenvalue weighted by Gasteiger charge is 2.40. The Hall–Kier alpha value is -4.05. The molecule has 10 heteroatoms. The topological polar surface area (TPSA) is 138 Å². The molecule has 0 aliphatic carbocycles. The van der Waals surface area contributed by atoms with Gasteiger partial charge in [-0.25, -0.2) is 9.69 Å². The number of hydrogen-bond acceptors (Lipinski definition) is 7. The van der Waals surface area contributed by atoms with Gasteiger partial charge in [0.05, 0.1) is 23.0 Å². The largest absolute Gasteiger partial charge is 0.478 e. The number of rotatable bonds is 5. The molecule has 0 spiro atoms. The lowest BCUT2D eigenvalue weighted by Crippen LogP contribution is -2.32. The maximum atomic E-state index is 12.8. The fourth-order valence-electron chi connectivity index (χ4n) is 3.29. The number of benzene rings is 2. The van der Waals surface area contributed by atoms with Crippen molar-refractivity contribution >= 4 is 57.5 Å². The summed E-state index contributed by atoms with van der Waals surface area (Å²) < 4.78 is 0. The number of fused-ring (bicyclic) bond motifs is 1. The lowest BCUT2D eigenvalue weighted by atomic mass is 10.1. The molecule has 0 radical (unpaired) electrons. The van der Waals surface area contributed by atoms with E-state index in [-0.39, 0.29) is 22.8 Å². The molecule has 4 rings (SSSR count). The van der Waals surface area contributed by atoms with Crippen molar-refractivity contribution in [2.75, 3.05) is 4.90 Å². The number of aromatic carboxylic acids is 1. The number of nitrogens with zero attached hydrogens (tertiary/aromatic N) is 4. The number of pyridine rings is 1. The molecule has 0 saturated carbocycles. The van der Waals surface area contributed by atoms with E-state index in [1.165, 1.54) is 24.3 Å². The smallest absolute Gasteiger partial charge is 0.335 e. The summed E-state index contributed by atoms with van der Waals surface area (Å²) in [4.78, 5) is 41.6. The number of carboxylic acid groups (broad SMARTS) is 1. The van der Waals surface area contributed by atoms with Crippen LogP contribution >= 0.6 is 11.8 Å². The molecular weight excluding hydrogens is 430 g/mol. The average Bonchev–Trinajstić information content (AvgIpc) is 3.06. The Labute approximate surface area is 186 Å². The van der Waals surface area contributed by atoms with Gasteiger partial charge in [0.1, 0.15) is 5.25 Å². The molecule has 1 aromatic heterocycles. The highest BCUT2D eigenvalue weighted by Crippen LogP contribution is 2.30. The molecule has 3 aromatic rings. The first-order valence-corrected chi connectivity index (χ1v) is 10.4. The maximum absolute atomic E-state index is 12.8. The van der Waals surface area contributed by atoms with Crippen molar-refractivity contribution in [3.8, 4) is 0 Å². The third-order valence-corrected chi connectivity index (χ3v) is 5.73. The second-order valence-electron chi connectivity index (χ2n) is 6.83. The standard InChI is InChI=1S/C22H17N5O4S/c23-22(26-25-12-14-8-9-24-17-7-2-1-6-16(14)17)32-18-11-19(28)27(20(18)29)15-5-3-4-13(10-15)21(30)31/h1-10,12,18H,11H2,(H2,23,26)(H,30,31). The van der Waals surface area contributed by atoms with Crippen LogP contribution in [0.5, 0.6) is 0 Å². The first-order valence-electron chi connectivity index (χ1n) is 9.51. The molecule has 1 atom stereocenters. The number of carbonyl (C=O) groups is 3. The van der Waals surface area contributed by atoms with Gasteiger partial charge in [0.2, 0.25) is 11.8 Å². The van der Waals surface area contributed by atoms with E-state index >= 15 is 0 Å². The summed E-state index contributed by atoms with van der Waals surface area (Å²) in [6.07, 6.45) is 3.14. The lowest BCUT2D eigenvalue weighted by Gasteiger charge is -2.15. The molecule has 2 aromatic carbocycles. The Morgan fingerprint density at radius 2 is 2.00 bits per heavy atom. The normalized spacial score (nSPS) is 16.9. The van der Waals surface area contributed by atoms with Crippen LogP contribution in [-0.2, 0) is 9.59 Å². The molecule has 0 bridgehead atoms. The molecule has 1 aliphatic heterocycles. The number of amidine groups is 1. The van der Waals surface area contributed by atoms with Crippen LogP contribution in [0.2, 0.25) is 0 Å².